The summed E-state index contributed by atoms with van der Waals surface area (Å²) in [4.78, 5) is 1.52. The Morgan fingerprint density at radius 1 is 1.28 bits per heavy atom. The summed E-state index contributed by atoms with van der Waals surface area (Å²) in [6.07, 6.45) is 1.43. The van der Waals surface area contributed by atoms with Crippen molar-refractivity contribution >= 4 is 45.3 Å². The van der Waals surface area contributed by atoms with Gasteiger partial charge in [-0.2, -0.15) is 8.42 Å². The van der Waals surface area contributed by atoms with E-state index in [1.165, 1.54) is 17.0 Å². The van der Waals surface area contributed by atoms with Gasteiger partial charge in [-0.15, -0.1) is 4.40 Å². The third kappa shape index (κ3) is 2.46. The molecule has 1 aliphatic heterocycles. The molecular weight excluding hydrogens is 302 g/mol. The summed E-state index contributed by atoms with van der Waals surface area (Å²) in [6, 6.07) is 2.70. The van der Waals surface area contributed by atoms with Gasteiger partial charge in [0.25, 0.3) is 10.0 Å². The molecule has 98 valence electrons. The molecule has 1 heterocycles. The van der Waals surface area contributed by atoms with E-state index in [0.717, 1.165) is 6.34 Å². The van der Waals surface area contributed by atoms with Crippen LogP contribution in [-0.2, 0) is 10.0 Å². The Balaban J connectivity index is 2.53. The van der Waals surface area contributed by atoms with E-state index in [-0.39, 0.29) is 21.4 Å². The summed E-state index contributed by atoms with van der Waals surface area (Å²) >= 11 is 11.7. The van der Waals surface area contributed by atoms with Gasteiger partial charge in [0.05, 0.1) is 22.4 Å². The fraction of sp³-hybridized carbons (Fsp3) is 0.300. The number of sulfonamides is 1. The SMILES string of the molecule is O=S1(=O)N=CN(CCCF)c2cc(Cl)c(Cl)cc21. The van der Waals surface area contributed by atoms with Crippen molar-refractivity contribution in [3.8, 4) is 0 Å². The quantitative estimate of drug-likeness (QED) is 0.862. The summed E-state index contributed by atoms with van der Waals surface area (Å²) in [6.45, 7) is -0.172. The topological polar surface area (TPSA) is 49.7 Å². The number of hydrogen-bond acceptors (Lipinski definition) is 3. The first kappa shape index (κ1) is 13.6. The highest BCUT2D eigenvalue weighted by atomic mass is 35.5. The molecule has 0 spiro atoms. The summed E-state index contributed by atoms with van der Waals surface area (Å²) in [5.74, 6) is 0. The number of fused-ring (bicyclic) bond motifs is 1. The van der Waals surface area contributed by atoms with Crippen LogP contribution >= 0.6 is 23.2 Å². The van der Waals surface area contributed by atoms with E-state index >= 15 is 0 Å². The van der Waals surface area contributed by atoms with Gasteiger partial charge in [-0.05, 0) is 18.6 Å². The van der Waals surface area contributed by atoms with E-state index in [0.29, 0.717) is 12.2 Å². The zero-order valence-corrected chi connectivity index (χ0v) is 11.4. The summed E-state index contributed by atoms with van der Waals surface area (Å²) < 4.78 is 39.2. The zero-order chi connectivity index (χ0) is 13.3. The minimum absolute atomic E-state index is 0.0155. The van der Waals surface area contributed by atoms with E-state index in [1.807, 2.05) is 0 Å². The Bertz CT molecular complexity index is 604. The van der Waals surface area contributed by atoms with Crippen molar-refractivity contribution in [2.75, 3.05) is 18.1 Å². The first-order valence-corrected chi connectivity index (χ1v) is 7.27. The maximum absolute atomic E-state index is 12.2. The average molecular weight is 311 g/mol. The normalized spacial score (nSPS) is 16.7. The molecule has 0 N–H and O–H groups in total. The van der Waals surface area contributed by atoms with Gasteiger partial charge in [-0.1, -0.05) is 23.2 Å². The first-order chi connectivity index (χ1) is 8.45. The lowest BCUT2D eigenvalue weighted by molar-refractivity contribution is 0.477. The zero-order valence-electron chi connectivity index (χ0n) is 9.11. The number of benzene rings is 1. The smallest absolute Gasteiger partial charge is 0.285 e. The molecule has 2 rings (SSSR count). The van der Waals surface area contributed by atoms with Crippen molar-refractivity contribution in [1.29, 1.82) is 0 Å². The second-order valence-corrected chi connectivity index (χ2v) is 6.08. The van der Waals surface area contributed by atoms with Crippen molar-refractivity contribution in [1.82, 2.24) is 0 Å². The van der Waals surface area contributed by atoms with E-state index in [4.69, 9.17) is 23.2 Å². The average Bonchev–Trinajstić information content (AvgIpc) is 2.31. The van der Waals surface area contributed by atoms with Crippen LogP contribution in [0.1, 0.15) is 6.42 Å². The van der Waals surface area contributed by atoms with Crippen LogP contribution in [-0.4, -0.2) is 28.0 Å². The first-order valence-electron chi connectivity index (χ1n) is 5.08. The van der Waals surface area contributed by atoms with Gasteiger partial charge >= 0.3 is 0 Å². The Kier molecular flexibility index (Phi) is 3.79. The Morgan fingerprint density at radius 3 is 2.61 bits per heavy atom. The summed E-state index contributed by atoms with van der Waals surface area (Å²) in [7, 11) is -3.75. The summed E-state index contributed by atoms with van der Waals surface area (Å²) in [5.41, 5.74) is 0.368. The van der Waals surface area contributed by atoms with Crippen LogP contribution in [0.25, 0.3) is 0 Å². The van der Waals surface area contributed by atoms with Gasteiger partial charge < -0.3 is 4.90 Å². The third-order valence-corrected chi connectivity index (χ3v) is 4.42. The third-order valence-electron chi connectivity index (χ3n) is 2.45. The van der Waals surface area contributed by atoms with Gasteiger partial charge in [-0.3, -0.25) is 4.39 Å². The van der Waals surface area contributed by atoms with Crippen LogP contribution < -0.4 is 4.90 Å². The fourth-order valence-electron chi connectivity index (χ4n) is 1.60. The number of rotatable bonds is 3. The van der Waals surface area contributed by atoms with E-state index in [2.05, 4.69) is 4.40 Å². The van der Waals surface area contributed by atoms with E-state index in [1.54, 1.807) is 0 Å². The van der Waals surface area contributed by atoms with Crippen molar-refractivity contribution in [2.45, 2.75) is 11.3 Å². The lowest BCUT2D eigenvalue weighted by atomic mass is 10.2. The van der Waals surface area contributed by atoms with Crippen LogP contribution in [0.5, 0.6) is 0 Å². The number of hydrogen-bond donors (Lipinski definition) is 0. The predicted octanol–water partition coefficient (Wildman–Crippen LogP) is 2.89. The molecule has 1 aromatic rings. The standard InChI is InChI=1S/C10H9Cl2FN2O2S/c11-7-4-9-10(5-8(7)12)18(16,17)14-6-15(9)3-1-2-13/h4-6H,1-3H2. The van der Waals surface area contributed by atoms with Crippen LogP contribution in [0.3, 0.4) is 0 Å². The van der Waals surface area contributed by atoms with Crippen LogP contribution in [0.2, 0.25) is 10.0 Å². The van der Waals surface area contributed by atoms with Gasteiger partial charge in [0.15, 0.2) is 0 Å². The monoisotopic (exact) mass is 310 g/mol. The molecule has 0 fully saturated rings. The molecule has 1 aliphatic rings. The largest absolute Gasteiger partial charge is 0.330 e. The lowest BCUT2D eigenvalue weighted by Gasteiger charge is -2.25. The maximum atomic E-state index is 12.2. The van der Waals surface area contributed by atoms with Crippen molar-refractivity contribution in [3.63, 3.8) is 0 Å². The lowest BCUT2D eigenvalue weighted by Crippen LogP contribution is -2.28. The molecule has 18 heavy (non-hydrogen) atoms. The highest BCUT2D eigenvalue weighted by Gasteiger charge is 2.26. The minimum atomic E-state index is -3.75. The van der Waals surface area contributed by atoms with Gasteiger partial charge in [-0.25, -0.2) is 0 Å². The minimum Gasteiger partial charge on any atom is -0.330 e. The van der Waals surface area contributed by atoms with Crippen LogP contribution in [0.15, 0.2) is 21.4 Å². The Morgan fingerprint density at radius 2 is 1.94 bits per heavy atom. The van der Waals surface area contributed by atoms with E-state index < -0.39 is 16.7 Å². The molecule has 0 saturated heterocycles. The molecular formula is C10H9Cl2FN2O2S. The molecule has 0 saturated carbocycles. The maximum Gasteiger partial charge on any atom is 0.285 e. The molecule has 0 unspecified atom stereocenters. The molecule has 0 atom stereocenters. The molecule has 0 bridgehead atoms. The number of halogens is 3. The van der Waals surface area contributed by atoms with E-state index in [9.17, 15) is 12.8 Å². The Hall–Kier alpha value is -0.850. The van der Waals surface area contributed by atoms with Gasteiger partial charge in [0.2, 0.25) is 0 Å². The van der Waals surface area contributed by atoms with Crippen LogP contribution in [0, 0.1) is 0 Å². The molecule has 0 amide bonds. The summed E-state index contributed by atoms with van der Waals surface area (Å²) in [5, 5.41) is 0.382. The molecule has 0 aromatic heterocycles. The predicted molar refractivity (Wildman–Crippen MR) is 70.1 cm³/mol. The second kappa shape index (κ2) is 5.03. The van der Waals surface area contributed by atoms with Gasteiger partial charge in [0.1, 0.15) is 11.2 Å². The molecule has 4 nitrogen and oxygen atoms in total. The second-order valence-electron chi connectivity index (χ2n) is 3.67. The van der Waals surface area contributed by atoms with Gasteiger partial charge in [0, 0.05) is 6.54 Å². The number of alkyl halides is 1. The van der Waals surface area contributed by atoms with Crippen molar-refractivity contribution in [3.05, 3.63) is 22.2 Å². The molecule has 0 radical (unpaired) electrons. The highest BCUT2D eigenvalue weighted by molar-refractivity contribution is 7.90. The van der Waals surface area contributed by atoms with Crippen molar-refractivity contribution in [2.24, 2.45) is 4.40 Å². The molecule has 1 aromatic carbocycles. The fourth-order valence-corrected chi connectivity index (χ4v) is 3.04. The Labute approximate surface area is 114 Å². The molecule has 0 aliphatic carbocycles. The van der Waals surface area contributed by atoms with Crippen molar-refractivity contribution < 1.29 is 12.8 Å². The van der Waals surface area contributed by atoms with Crippen LogP contribution in [0.4, 0.5) is 10.1 Å². The number of nitrogens with zero attached hydrogens (tertiary/aromatic N) is 2. The number of anilines is 1. The molecule has 8 heteroatoms. The highest BCUT2D eigenvalue weighted by Crippen LogP contribution is 2.36.